The summed E-state index contributed by atoms with van der Waals surface area (Å²) < 4.78 is 2.08. The summed E-state index contributed by atoms with van der Waals surface area (Å²) in [5.41, 5.74) is 2.85. The van der Waals surface area contributed by atoms with Crippen molar-refractivity contribution in [3.8, 4) is 0 Å². The molecular weight excluding hydrogens is 317 g/mol. The van der Waals surface area contributed by atoms with E-state index in [0.29, 0.717) is 10.0 Å². The number of benzene rings is 1. The largest absolute Gasteiger partial charge is 0.316 e. The van der Waals surface area contributed by atoms with Gasteiger partial charge in [0, 0.05) is 30.1 Å². The molecule has 0 spiro atoms. The Labute approximate surface area is 140 Å². The minimum atomic E-state index is 0.215. The zero-order valence-electron chi connectivity index (χ0n) is 12.6. The highest BCUT2D eigenvalue weighted by molar-refractivity contribution is 6.42. The Kier molecular flexibility index (Phi) is 3.30. The van der Waals surface area contributed by atoms with Crippen LogP contribution in [0.25, 0.3) is 0 Å². The number of rotatable bonds is 3. The maximum Gasteiger partial charge on any atom is 0.0595 e. The molecule has 2 unspecified atom stereocenters. The van der Waals surface area contributed by atoms with E-state index >= 15 is 0 Å². The topological polar surface area (TPSA) is 29.9 Å². The van der Waals surface area contributed by atoms with Gasteiger partial charge in [0.1, 0.15) is 0 Å². The minimum Gasteiger partial charge on any atom is -0.316 e. The van der Waals surface area contributed by atoms with Crippen LogP contribution in [0.3, 0.4) is 0 Å². The van der Waals surface area contributed by atoms with Crippen LogP contribution in [-0.2, 0) is 12.0 Å². The van der Waals surface area contributed by atoms with Crippen molar-refractivity contribution in [2.45, 2.75) is 31.7 Å². The van der Waals surface area contributed by atoms with Crippen LogP contribution in [0.5, 0.6) is 0 Å². The highest BCUT2D eigenvalue weighted by atomic mass is 35.5. The number of hydrogen-bond donors (Lipinski definition) is 1. The standard InChI is InChI=1S/C17H19Cl2N3/c1-12-4-7-22(21-12)11-16-9-17(16,5-6-20-10-16)13-2-3-14(18)15(19)8-13/h2-4,7-8,20H,5-6,9-11H2,1H3. The Bertz CT molecular complexity index is 726. The van der Waals surface area contributed by atoms with Gasteiger partial charge in [0.05, 0.1) is 15.7 Å². The Morgan fingerprint density at radius 1 is 1.27 bits per heavy atom. The summed E-state index contributed by atoms with van der Waals surface area (Å²) in [6, 6.07) is 8.20. The number of piperidine rings is 1. The van der Waals surface area contributed by atoms with E-state index in [0.717, 1.165) is 31.7 Å². The maximum absolute atomic E-state index is 6.26. The molecule has 1 aromatic carbocycles. The molecule has 1 saturated carbocycles. The highest BCUT2D eigenvalue weighted by Gasteiger charge is 2.68. The Balaban J connectivity index is 1.69. The first-order chi connectivity index (χ1) is 10.5. The lowest BCUT2D eigenvalue weighted by Crippen LogP contribution is -2.40. The van der Waals surface area contributed by atoms with Gasteiger partial charge in [-0.2, -0.15) is 5.10 Å². The van der Waals surface area contributed by atoms with Gasteiger partial charge in [0.25, 0.3) is 0 Å². The molecule has 1 saturated heterocycles. The lowest BCUT2D eigenvalue weighted by molar-refractivity contribution is 0.275. The van der Waals surface area contributed by atoms with E-state index in [1.54, 1.807) is 0 Å². The molecule has 2 aliphatic rings. The molecule has 2 atom stereocenters. The van der Waals surface area contributed by atoms with Crippen LogP contribution in [0.2, 0.25) is 10.0 Å². The summed E-state index contributed by atoms with van der Waals surface area (Å²) in [7, 11) is 0. The number of fused-ring (bicyclic) bond motifs is 1. The molecule has 1 aliphatic heterocycles. The van der Waals surface area contributed by atoms with Crippen LogP contribution in [0.4, 0.5) is 0 Å². The Morgan fingerprint density at radius 3 is 2.86 bits per heavy atom. The molecular formula is C17H19Cl2N3. The number of nitrogens with zero attached hydrogens (tertiary/aromatic N) is 2. The Hall–Kier alpha value is -1.03. The highest BCUT2D eigenvalue weighted by Crippen LogP contribution is 2.68. The molecule has 1 aromatic heterocycles. The zero-order valence-corrected chi connectivity index (χ0v) is 14.1. The molecule has 2 heterocycles. The third-order valence-corrected chi connectivity index (χ3v) is 6.17. The lowest BCUT2D eigenvalue weighted by Gasteiger charge is -2.32. The predicted octanol–water partition coefficient (Wildman–Crippen LogP) is 3.82. The van der Waals surface area contributed by atoms with Gasteiger partial charge in [0.2, 0.25) is 0 Å². The van der Waals surface area contributed by atoms with Crippen molar-refractivity contribution < 1.29 is 0 Å². The van der Waals surface area contributed by atoms with Gasteiger partial charge in [-0.25, -0.2) is 0 Å². The maximum atomic E-state index is 6.26. The SMILES string of the molecule is Cc1ccn(CC23CNCCC2(c2ccc(Cl)c(Cl)c2)C3)n1. The lowest BCUT2D eigenvalue weighted by atomic mass is 9.81. The van der Waals surface area contributed by atoms with Crippen molar-refractivity contribution in [3.05, 3.63) is 51.8 Å². The smallest absolute Gasteiger partial charge is 0.0595 e. The summed E-state index contributed by atoms with van der Waals surface area (Å²) >= 11 is 12.3. The van der Waals surface area contributed by atoms with Crippen LogP contribution in [0.1, 0.15) is 24.1 Å². The van der Waals surface area contributed by atoms with Gasteiger partial charge in [-0.3, -0.25) is 4.68 Å². The number of halogens is 2. The Morgan fingerprint density at radius 2 is 2.14 bits per heavy atom. The van der Waals surface area contributed by atoms with E-state index in [4.69, 9.17) is 23.2 Å². The molecule has 116 valence electrons. The average molecular weight is 336 g/mol. The molecule has 0 amide bonds. The fraction of sp³-hybridized carbons (Fsp3) is 0.471. The second kappa shape index (κ2) is 4.98. The fourth-order valence-electron chi connectivity index (χ4n) is 4.22. The molecule has 22 heavy (non-hydrogen) atoms. The van der Waals surface area contributed by atoms with Crippen LogP contribution in [0.15, 0.2) is 30.5 Å². The fourth-order valence-corrected chi connectivity index (χ4v) is 4.52. The first-order valence-corrected chi connectivity index (χ1v) is 8.47. The van der Waals surface area contributed by atoms with E-state index in [-0.39, 0.29) is 10.8 Å². The quantitative estimate of drug-likeness (QED) is 0.923. The van der Waals surface area contributed by atoms with Crippen LogP contribution in [0, 0.1) is 12.3 Å². The molecule has 0 bridgehead atoms. The summed E-state index contributed by atoms with van der Waals surface area (Å²) in [5.74, 6) is 0. The van der Waals surface area contributed by atoms with Crippen LogP contribution in [-0.4, -0.2) is 22.9 Å². The summed E-state index contributed by atoms with van der Waals surface area (Å²) in [5, 5.41) is 9.42. The summed E-state index contributed by atoms with van der Waals surface area (Å²) in [6.45, 7) is 5.08. The molecule has 2 fully saturated rings. The molecule has 2 aromatic rings. The van der Waals surface area contributed by atoms with Crippen molar-refractivity contribution >= 4 is 23.2 Å². The van der Waals surface area contributed by atoms with Crippen molar-refractivity contribution in [2.75, 3.05) is 13.1 Å². The van der Waals surface area contributed by atoms with Gasteiger partial charge >= 0.3 is 0 Å². The second-order valence-corrected chi connectivity index (χ2v) is 7.56. The van der Waals surface area contributed by atoms with E-state index in [1.807, 2.05) is 13.0 Å². The van der Waals surface area contributed by atoms with Crippen LogP contribution >= 0.6 is 23.2 Å². The third-order valence-electron chi connectivity index (χ3n) is 5.43. The number of hydrogen-bond acceptors (Lipinski definition) is 2. The number of nitrogens with one attached hydrogen (secondary N) is 1. The van der Waals surface area contributed by atoms with Gasteiger partial charge in [0.15, 0.2) is 0 Å². The number of aromatic nitrogens is 2. The first-order valence-electron chi connectivity index (χ1n) is 7.71. The van der Waals surface area contributed by atoms with Gasteiger partial charge in [-0.1, -0.05) is 29.3 Å². The third kappa shape index (κ3) is 2.10. The molecule has 1 N–H and O–H groups in total. The number of aryl methyl sites for hydroxylation is 1. The summed E-state index contributed by atoms with van der Waals surface area (Å²) in [6.07, 6.45) is 4.41. The van der Waals surface area contributed by atoms with Crippen molar-refractivity contribution in [3.63, 3.8) is 0 Å². The second-order valence-electron chi connectivity index (χ2n) is 6.75. The van der Waals surface area contributed by atoms with Crippen molar-refractivity contribution in [1.82, 2.24) is 15.1 Å². The van der Waals surface area contributed by atoms with Crippen molar-refractivity contribution in [2.24, 2.45) is 5.41 Å². The molecule has 5 heteroatoms. The van der Waals surface area contributed by atoms with Gasteiger partial charge in [-0.05, 0) is 50.1 Å². The minimum absolute atomic E-state index is 0.215. The molecule has 0 radical (unpaired) electrons. The monoisotopic (exact) mass is 335 g/mol. The van der Waals surface area contributed by atoms with Gasteiger partial charge < -0.3 is 5.32 Å². The van der Waals surface area contributed by atoms with Crippen molar-refractivity contribution in [1.29, 1.82) is 0 Å². The molecule has 1 aliphatic carbocycles. The molecule has 3 nitrogen and oxygen atoms in total. The van der Waals surface area contributed by atoms with E-state index in [2.05, 4.69) is 39.5 Å². The van der Waals surface area contributed by atoms with E-state index < -0.39 is 0 Å². The van der Waals surface area contributed by atoms with Gasteiger partial charge in [-0.15, -0.1) is 0 Å². The average Bonchev–Trinajstić information content (AvgIpc) is 3.01. The van der Waals surface area contributed by atoms with Crippen LogP contribution < -0.4 is 5.32 Å². The predicted molar refractivity (Wildman–Crippen MR) is 89.6 cm³/mol. The van der Waals surface area contributed by atoms with E-state index in [1.165, 1.54) is 12.0 Å². The first kappa shape index (κ1) is 14.6. The zero-order chi connectivity index (χ0) is 15.4. The van der Waals surface area contributed by atoms with E-state index in [9.17, 15) is 0 Å². The molecule has 4 rings (SSSR count). The summed E-state index contributed by atoms with van der Waals surface area (Å²) in [4.78, 5) is 0. The normalized spacial score (nSPS) is 30.1.